The normalized spacial score (nSPS) is 22.2. The van der Waals surface area contributed by atoms with Gasteiger partial charge in [0.15, 0.2) is 0 Å². The molecule has 2 aliphatic rings. The molecule has 2 saturated heterocycles. The highest BCUT2D eigenvalue weighted by molar-refractivity contribution is 5.89. The molecule has 30 heavy (non-hydrogen) atoms. The standard InChI is InChI=1S/C22H26F2N4O2/c1-30-19-4-2-3-15(9-19)21-13-20(26-27-21)14-5-7-28(8-6-14)22(29)25-18-11-16(23)10-17(24)12-18/h2-4,9-12,14,20-21,26-27H,5-8,13H2,1H3,(H,25,29). The molecule has 2 amide bonds. The summed E-state index contributed by atoms with van der Waals surface area (Å²) in [5.41, 5.74) is 8.11. The molecule has 2 aromatic carbocycles. The summed E-state index contributed by atoms with van der Waals surface area (Å²) in [5.74, 6) is -0.136. The highest BCUT2D eigenvalue weighted by Crippen LogP contribution is 2.31. The van der Waals surface area contributed by atoms with Crippen LogP contribution in [0.3, 0.4) is 0 Å². The van der Waals surface area contributed by atoms with E-state index in [9.17, 15) is 13.6 Å². The number of likely N-dealkylation sites (tertiary alicyclic amines) is 1. The first kappa shape index (κ1) is 20.6. The van der Waals surface area contributed by atoms with Crippen LogP contribution in [-0.2, 0) is 0 Å². The lowest BCUT2D eigenvalue weighted by Gasteiger charge is -2.34. The van der Waals surface area contributed by atoms with Gasteiger partial charge in [-0.25, -0.2) is 13.6 Å². The second kappa shape index (κ2) is 8.97. The van der Waals surface area contributed by atoms with Gasteiger partial charge in [0.25, 0.3) is 0 Å². The lowest BCUT2D eigenvalue weighted by molar-refractivity contribution is 0.169. The maximum absolute atomic E-state index is 13.3. The zero-order chi connectivity index (χ0) is 21.1. The maximum atomic E-state index is 13.3. The van der Waals surface area contributed by atoms with Gasteiger partial charge >= 0.3 is 6.03 Å². The van der Waals surface area contributed by atoms with Crippen molar-refractivity contribution in [3.05, 3.63) is 59.7 Å². The van der Waals surface area contributed by atoms with Gasteiger partial charge in [0.05, 0.1) is 7.11 Å². The molecule has 2 fully saturated rings. The Morgan fingerprint density at radius 3 is 2.53 bits per heavy atom. The van der Waals surface area contributed by atoms with E-state index in [2.05, 4.69) is 22.2 Å². The number of amides is 2. The van der Waals surface area contributed by atoms with Crippen molar-refractivity contribution in [3.8, 4) is 5.75 Å². The van der Waals surface area contributed by atoms with E-state index in [0.29, 0.717) is 25.0 Å². The van der Waals surface area contributed by atoms with Crippen LogP contribution in [0.25, 0.3) is 0 Å². The minimum atomic E-state index is -0.714. The third-order valence-electron chi connectivity index (χ3n) is 5.94. The SMILES string of the molecule is COc1cccc(C2CC(C3CCN(C(=O)Nc4cc(F)cc(F)c4)CC3)NN2)c1. The molecular weight excluding hydrogens is 390 g/mol. The van der Waals surface area contributed by atoms with Crippen LogP contribution in [-0.4, -0.2) is 37.2 Å². The fourth-order valence-electron chi connectivity index (χ4n) is 4.30. The number of nitrogens with one attached hydrogen (secondary N) is 3. The van der Waals surface area contributed by atoms with Crippen molar-refractivity contribution in [2.75, 3.05) is 25.5 Å². The monoisotopic (exact) mass is 416 g/mol. The highest BCUT2D eigenvalue weighted by atomic mass is 19.1. The lowest BCUT2D eigenvalue weighted by Crippen LogP contribution is -2.45. The first-order valence-electron chi connectivity index (χ1n) is 10.2. The van der Waals surface area contributed by atoms with E-state index < -0.39 is 11.6 Å². The number of carbonyl (C=O) groups is 1. The van der Waals surface area contributed by atoms with Crippen molar-refractivity contribution in [2.24, 2.45) is 5.92 Å². The van der Waals surface area contributed by atoms with Crippen LogP contribution in [0.5, 0.6) is 5.75 Å². The molecule has 2 heterocycles. The molecule has 4 rings (SSSR count). The fraction of sp³-hybridized carbons (Fsp3) is 0.409. The molecule has 0 saturated carbocycles. The summed E-state index contributed by atoms with van der Waals surface area (Å²) in [7, 11) is 1.66. The molecule has 0 radical (unpaired) electrons. The molecule has 3 N–H and O–H groups in total. The number of piperidine rings is 1. The summed E-state index contributed by atoms with van der Waals surface area (Å²) >= 11 is 0. The van der Waals surface area contributed by atoms with Crippen molar-refractivity contribution >= 4 is 11.7 Å². The zero-order valence-corrected chi connectivity index (χ0v) is 16.8. The Labute approximate surface area is 174 Å². The van der Waals surface area contributed by atoms with Crippen molar-refractivity contribution in [2.45, 2.75) is 31.3 Å². The number of benzene rings is 2. The summed E-state index contributed by atoms with van der Waals surface area (Å²) in [4.78, 5) is 14.1. The first-order valence-corrected chi connectivity index (χ1v) is 10.2. The first-order chi connectivity index (χ1) is 14.5. The summed E-state index contributed by atoms with van der Waals surface area (Å²) in [6.07, 6.45) is 2.71. The maximum Gasteiger partial charge on any atom is 0.321 e. The van der Waals surface area contributed by atoms with E-state index >= 15 is 0 Å². The molecule has 8 heteroatoms. The van der Waals surface area contributed by atoms with Crippen LogP contribution in [0.15, 0.2) is 42.5 Å². The quantitative estimate of drug-likeness (QED) is 0.709. The largest absolute Gasteiger partial charge is 0.497 e. The summed E-state index contributed by atoms with van der Waals surface area (Å²) in [5, 5.41) is 2.58. The molecule has 0 spiro atoms. The van der Waals surface area contributed by atoms with Gasteiger partial charge in [-0.3, -0.25) is 10.9 Å². The smallest absolute Gasteiger partial charge is 0.321 e. The predicted molar refractivity (Wildman–Crippen MR) is 110 cm³/mol. The molecule has 0 bridgehead atoms. The van der Waals surface area contributed by atoms with Gasteiger partial charge in [-0.1, -0.05) is 12.1 Å². The molecule has 6 nitrogen and oxygen atoms in total. The molecule has 0 aliphatic carbocycles. The van der Waals surface area contributed by atoms with E-state index in [0.717, 1.165) is 43.2 Å². The second-order valence-corrected chi connectivity index (χ2v) is 7.87. The van der Waals surface area contributed by atoms with E-state index in [4.69, 9.17) is 4.74 Å². The van der Waals surface area contributed by atoms with E-state index in [1.54, 1.807) is 12.0 Å². The van der Waals surface area contributed by atoms with Crippen molar-refractivity contribution in [1.29, 1.82) is 0 Å². The Morgan fingerprint density at radius 2 is 1.83 bits per heavy atom. The average Bonchev–Trinajstić information content (AvgIpc) is 3.23. The predicted octanol–water partition coefficient (Wildman–Crippen LogP) is 3.83. The van der Waals surface area contributed by atoms with E-state index in [1.807, 2.05) is 18.2 Å². The number of hydrazine groups is 1. The number of hydrogen-bond donors (Lipinski definition) is 3. The Balaban J connectivity index is 1.28. The summed E-state index contributed by atoms with van der Waals surface area (Å²) < 4.78 is 31.9. The number of rotatable bonds is 4. The number of urea groups is 1. The third-order valence-corrected chi connectivity index (χ3v) is 5.94. The average molecular weight is 416 g/mol. The van der Waals surface area contributed by atoms with Crippen LogP contribution in [0.2, 0.25) is 0 Å². The van der Waals surface area contributed by atoms with Gasteiger partial charge in [0, 0.05) is 36.9 Å². The Kier molecular flexibility index (Phi) is 6.15. The fourth-order valence-corrected chi connectivity index (χ4v) is 4.30. The van der Waals surface area contributed by atoms with Crippen LogP contribution < -0.4 is 20.9 Å². The molecule has 0 aromatic heterocycles. The van der Waals surface area contributed by atoms with E-state index in [-0.39, 0.29) is 17.8 Å². The van der Waals surface area contributed by atoms with Gasteiger partial charge in [-0.15, -0.1) is 0 Å². The van der Waals surface area contributed by atoms with Crippen molar-refractivity contribution in [1.82, 2.24) is 15.8 Å². The summed E-state index contributed by atoms with van der Waals surface area (Å²) in [6.45, 7) is 1.21. The number of halogens is 2. The number of methoxy groups -OCH3 is 1. The van der Waals surface area contributed by atoms with Crippen LogP contribution in [0.4, 0.5) is 19.3 Å². The number of anilines is 1. The molecule has 2 unspecified atom stereocenters. The lowest BCUT2D eigenvalue weighted by atomic mass is 9.86. The third kappa shape index (κ3) is 4.71. The van der Waals surface area contributed by atoms with Gasteiger partial charge in [-0.05, 0) is 55.0 Å². The minimum absolute atomic E-state index is 0.127. The van der Waals surface area contributed by atoms with Gasteiger partial charge in [0.1, 0.15) is 17.4 Å². The number of nitrogens with zero attached hydrogens (tertiary/aromatic N) is 1. The summed E-state index contributed by atoms with van der Waals surface area (Å²) in [6, 6.07) is 11.3. The number of carbonyl (C=O) groups excluding carboxylic acids is 1. The zero-order valence-electron chi connectivity index (χ0n) is 16.8. The van der Waals surface area contributed by atoms with Gasteiger partial charge < -0.3 is 15.0 Å². The van der Waals surface area contributed by atoms with Crippen molar-refractivity contribution in [3.63, 3.8) is 0 Å². The molecule has 2 aromatic rings. The Morgan fingerprint density at radius 1 is 1.10 bits per heavy atom. The van der Waals surface area contributed by atoms with Crippen LogP contribution in [0, 0.1) is 17.6 Å². The van der Waals surface area contributed by atoms with Gasteiger partial charge in [-0.2, -0.15) is 0 Å². The van der Waals surface area contributed by atoms with Crippen LogP contribution in [0.1, 0.15) is 30.9 Å². The van der Waals surface area contributed by atoms with E-state index in [1.165, 1.54) is 5.56 Å². The molecular formula is C22H26F2N4O2. The van der Waals surface area contributed by atoms with Gasteiger partial charge in [0.2, 0.25) is 0 Å². The van der Waals surface area contributed by atoms with Crippen LogP contribution >= 0.6 is 0 Å². The number of hydrogen-bond acceptors (Lipinski definition) is 4. The highest BCUT2D eigenvalue weighted by Gasteiger charge is 2.34. The molecule has 160 valence electrons. The molecule has 2 aliphatic heterocycles. The Hall–Kier alpha value is -2.71. The molecule has 2 atom stereocenters. The minimum Gasteiger partial charge on any atom is -0.497 e. The van der Waals surface area contributed by atoms with Crippen molar-refractivity contribution < 1.29 is 18.3 Å². The Bertz CT molecular complexity index is 882. The second-order valence-electron chi connectivity index (χ2n) is 7.87. The topological polar surface area (TPSA) is 65.6 Å². The number of ether oxygens (including phenoxy) is 1.